The molecule has 3 aromatic rings. The van der Waals surface area contributed by atoms with Crippen LogP contribution in [0.3, 0.4) is 0 Å². The number of nitriles is 1. The fourth-order valence-corrected chi connectivity index (χ4v) is 6.22. The van der Waals surface area contributed by atoms with E-state index >= 15 is 0 Å². The normalized spacial score (nSPS) is 18.0. The van der Waals surface area contributed by atoms with Crippen LogP contribution in [-0.4, -0.2) is 10.7 Å². The van der Waals surface area contributed by atoms with E-state index < -0.39 is 16.3 Å². The summed E-state index contributed by atoms with van der Waals surface area (Å²) < 4.78 is 6.06. The van der Waals surface area contributed by atoms with Crippen molar-refractivity contribution in [2.45, 2.75) is 53.1 Å². The van der Waals surface area contributed by atoms with Crippen molar-refractivity contribution in [3.05, 3.63) is 121 Å². The van der Waals surface area contributed by atoms with Gasteiger partial charge in [0.25, 0.3) is 5.69 Å². The second-order valence-electron chi connectivity index (χ2n) is 11.6. The zero-order chi connectivity index (χ0) is 30.3. The number of carbonyl (C=O) groups excluding carboxylic acids is 1. The van der Waals surface area contributed by atoms with Crippen LogP contribution >= 0.6 is 11.6 Å². The molecule has 0 fully saturated rings. The van der Waals surface area contributed by atoms with E-state index in [1.807, 2.05) is 52.0 Å². The quantitative estimate of drug-likeness (QED) is 0.237. The van der Waals surface area contributed by atoms with Gasteiger partial charge >= 0.3 is 0 Å². The van der Waals surface area contributed by atoms with Gasteiger partial charge in [-0.15, -0.1) is 0 Å². The monoisotopic (exact) mass is 582 g/mol. The van der Waals surface area contributed by atoms with Gasteiger partial charge in [0.15, 0.2) is 5.78 Å². The number of carbonyl (C=O) groups is 1. The molecule has 1 atom stereocenters. The standard InChI is InChI=1S/C33H31ClN4O4/c1-19-13-21(18-42-29-12-8-5-9-24(29)34)20(2)22(14-19)30-23(17-35)32(36)37(25-10-6-7-11-26(25)38(40)41)27-15-33(3,4)16-28(39)31(27)30/h5-14,30H,15-16,18,36H2,1-4H3. The van der Waals surface area contributed by atoms with Crippen LogP contribution in [0.1, 0.15) is 54.9 Å². The molecule has 0 amide bonds. The van der Waals surface area contributed by atoms with Crippen molar-refractivity contribution in [2.75, 3.05) is 4.90 Å². The number of nitrogens with two attached hydrogens (primary N) is 1. The highest BCUT2D eigenvalue weighted by molar-refractivity contribution is 6.32. The third kappa shape index (κ3) is 5.12. The van der Waals surface area contributed by atoms with Crippen LogP contribution in [0.5, 0.6) is 5.75 Å². The number of nitro groups is 1. The maximum Gasteiger partial charge on any atom is 0.293 e. The topological polar surface area (TPSA) is 122 Å². The van der Waals surface area contributed by atoms with E-state index in [9.17, 15) is 20.2 Å². The Hall–Kier alpha value is -4.61. The number of hydrogen-bond acceptors (Lipinski definition) is 7. The van der Waals surface area contributed by atoms with Gasteiger partial charge in [0.1, 0.15) is 23.9 Å². The molecule has 9 heteroatoms. The summed E-state index contributed by atoms with van der Waals surface area (Å²) in [6.45, 7) is 8.10. The summed E-state index contributed by atoms with van der Waals surface area (Å²) in [4.78, 5) is 27.1. The van der Waals surface area contributed by atoms with Crippen LogP contribution in [0.15, 0.2) is 83.3 Å². The Morgan fingerprint density at radius 3 is 2.52 bits per heavy atom. The molecule has 2 N–H and O–H groups in total. The zero-order valence-corrected chi connectivity index (χ0v) is 24.7. The number of Topliss-reactive ketones (excluding diaryl/α,β-unsaturated/α-hetero) is 1. The Labute approximate surface area is 249 Å². The van der Waals surface area contributed by atoms with E-state index in [-0.39, 0.29) is 41.6 Å². The van der Waals surface area contributed by atoms with Crippen LogP contribution in [0.2, 0.25) is 5.02 Å². The summed E-state index contributed by atoms with van der Waals surface area (Å²) in [5, 5.41) is 23.0. The molecule has 214 valence electrons. The summed E-state index contributed by atoms with van der Waals surface area (Å²) in [6, 6.07) is 19.7. The maximum atomic E-state index is 14.0. The smallest absolute Gasteiger partial charge is 0.293 e. The molecule has 0 spiro atoms. The number of allylic oxidation sites excluding steroid dienone is 3. The molecule has 0 saturated carbocycles. The summed E-state index contributed by atoms with van der Waals surface area (Å²) in [6.07, 6.45) is 0.725. The molecule has 0 bridgehead atoms. The predicted molar refractivity (Wildman–Crippen MR) is 162 cm³/mol. The first-order valence-corrected chi connectivity index (χ1v) is 14.0. The highest BCUT2D eigenvalue weighted by Crippen LogP contribution is 2.52. The van der Waals surface area contributed by atoms with Crippen LogP contribution in [0, 0.1) is 40.7 Å². The first kappa shape index (κ1) is 28.9. The molecular formula is C33H31ClN4O4. The molecule has 3 aromatic carbocycles. The lowest BCUT2D eigenvalue weighted by molar-refractivity contribution is -0.384. The van der Waals surface area contributed by atoms with Crippen LogP contribution < -0.4 is 15.4 Å². The summed E-state index contributed by atoms with van der Waals surface area (Å²) in [5.74, 6) is -0.205. The van der Waals surface area contributed by atoms with Gasteiger partial charge in [0.2, 0.25) is 0 Å². The van der Waals surface area contributed by atoms with E-state index in [1.54, 1.807) is 35.2 Å². The zero-order valence-electron chi connectivity index (χ0n) is 23.9. The summed E-state index contributed by atoms with van der Waals surface area (Å²) >= 11 is 6.31. The van der Waals surface area contributed by atoms with Crippen molar-refractivity contribution in [3.8, 4) is 11.8 Å². The molecule has 1 unspecified atom stereocenters. The Balaban J connectivity index is 1.71. The van der Waals surface area contributed by atoms with Gasteiger partial charge < -0.3 is 10.5 Å². The van der Waals surface area contributed by atoms with E-state index in [2.05, 4.69) is 6.07 Å². The minimum Gasteiger partial charge on any atom is -0.487 e. The minimum atomic E-state index is -0.730. The SMILES string of the molecule is Cc1cc(COc2ccccc2Cl)c(C)c(C2C(C#N)=C(N)N(c3ccccc3[N+](=O)[O-])C3=C2C(=O)CC(C)(C)C3)c1. The van der Waals surface area contributed by atoms with Crippen molar-refractivity contribution >= 4 is 28.8 Å². The lowest BCUT2D eigenvalue weighted by Gasteiger charge is -2.43. The Bertz CT molecular complexity index is 1730. The number of nitrogens with zero attached hydrogens (tertiary/aromatic N) is 3. The molecule has 8 nitrogen and oxygen atoms in total. The number of nitro benzene ring substituents is 1. The third-order valence-corrected chi connectivity index (χ3v) is 8.24. The summed E-state index contributed by atoms with van der Waals surface area (Å²) in [5.41, 5.74) is 11.1. The molecule has 5 rings (SSSR count). The van der Waals surface area contributed by atoms with Gasteiger partial charge in [-0.2, -0.15) is 5.26 Å². The molecule has 2 aliphatic rings. The Morgan fingerprint density at radius 1 is 1.14 bits per heavy atom. The van der Waals surface area contributed by atoms with E-state index in [0.29, 0.717) is 28.5 Å². The lowest BCUT2D eigenvalue weighted by atomic mass is 9.68. The molecule has 0 saturated heterocycles. The Morgan fingerprint density at radius 2 is 1.83 bits per heavy atom. The number of aryl methyl sites for hydroxylation is 1. The molecule has 1 aliphatic carbocycles. The van der Waals surface area contributed by atoms with Crippen LogP contribution in [0.4, 0.5) is 11.4 Å². The van der Waals surface area contributed by atoms with Gasteiger partial charge in [0.05, 0.1) is 27.5 Å². The van der Waals surface area contributed by atoms with E-state index in [0.717, 1.165) is 22.3 Å². The first-order chi connectivity index (χ1) is 19.9. The number of rotatable bonds is 6. The lowest BCUT2D eigenvalue weighted by Crippen LogP contribution is -2.42. The largest absolute Gasteiger partial charge is 0.487 e. The fraction of sp³-hybridized carbons (Fsp3) is 0.273. The number of ketones is 1. The minimum absolute atomic E-state index is 0.0795. The van der Waals surface area contributed by atoms with Crippen molar-refractivity contribution in [2.24, 2.45) is 11.1 Å². The molecule has 42 heavy (non-hydrogen) atoms. The molecule has 0 radical (unpaired) electrons. The molecule has 1 aliphatic heterocycles. The first-order valence-electron chi connectivity index (χ1n) is 13.6. The average molecular weight is 583 g/mol. The van der Waals surface area contributed by atoms with Crippen molar-refractivity contribution < 1.29 is 14.5 Å². The maximum absolute atomic E-state index is 14.0. The van der Waals surface area contributed by atoms with Crippen molar-refractivity contribution in [1.82, 2.24) is 0 Å². The van der Waals surface area contributed by atoms with Crippen molar-refractivity contribution in [1.29, 1.82) is 5.26 Å². The van der Waals surface area contributed by atoms with Gasteiger partial charge in [-0.25, -0.2) is 0 Å². The number of ether oxygens (including phenoxy) is 1. The number of halogens is 1. The third-order valence-electron chi connectivity index (χ3n) is 7.93. The highest BCUT2D eigenvalue weighted by atomic mass is 35.5. The van der Waals surface area contributed by atoms with E-state index in [1.165, 1.54) is 6.07 Å². The molecular weight excluding hydrogens is 552 g/mol. The van der Waals surface area contributed by atoms with E-state index in [4.69, 9.17) is 22.1 Å². The van der Waals surface area contributed by atoms with Crippen LogP contribution in [0.25, 0.3) is 0 Å². The number of para-hydroxylation sites is 3. The fourth-order valence-electron chi connectivity index (χ4n) is 6.03. The molecule has 0 aromatic heterocycles. The Kier molecular flexibility index (Phi) is 7.56. The summed E-state index contributed by atoms with van der Waals surface area (Å²) in [7, 11) is 0. The number of anilines is 1. The van der Waals surface area contributed by atoms with Gasteiger partial charge in [-0.05, 0) is 60.6 Å². The van der Waals surface area contributed by atoms with Gasteiger partial charge in [-0.1, -0.05) is 67.4 Å². The van der Waals surface area contributed by atoms with Gasteiger partial charge in [-0.3, -0.25) is 19.8 Å². The average Bonchev–Trinajstić information content (AvgIpc) is 2.93. The highest BCUT2D eigenvalue weighted by Gasteiger charge is 2.46. The van der Waals surface area contributed by atoms with Crippen molar-refractivity contribution in [3.63, 3.8) is 0 Å². The second-order valence-corrected chi connectivity index (χ2v) is 12.0. The number of benzene rings is 3. The second kappa shape index (κ2) is 11.0. The molecule has 1 heterocycles. The van der Waals surface area contributed by atoms with Crippen LogP contribution in [-0.2, 0) is 11.4 Å². The van der Waals surface area contributed by atoms with Gasteiger partial charge in [0, 0.05) is 23.8 Å². The number of hydrogen-bond donors (Lipinski definition) is 1. The predicted octanol–water partition coefficient (Wildman–Crippen LogP) is 7.38.